The SMILES string of the molecule is c1ccc(N2CCC(NCc3cccnn3)CC2)nc1. The highest BCUT2D eigenvalue weighted by Gasteiger charge is 2.19. The number of anilines is 1. The molecule has 5 heteroatoms. The minimum absolute atomic E-state index is 0.553. The van der Waals surface area contributed by atoms with E-state index in [0.29, 0.717) is 6.04 Å². The van der Waals surface area contributed by atoms with Gasteiger partial charge in [0.05, 0.1) is 5.69 Å². The fourth-order valence-corrected chi connectivity index (χ4v) is 2.53. The number of piperidine rings is 1. The highest BCUT2D eigenvalue weighted by molar-refractivity contribution is 5.38. The van der Waals surface area contributed by atoms with Crippen molar-refractivity contribution in [3.8, 4) is 0 Å². The van der Waals surface area contributed by atoms with Crippen molar-refractivity contribution < 1.29 is 0 Å². The van der Waals surface area contributed by atoms with Gasteiger partial charge in [0, 0.05) is 38.1 Å². The first-order valence-electron chi connectivity index (χ1n) is 7.08. The lowest BCUT2D eigenvalue weighted by atomic mass is 10.0. The van der Waals surface area contributed by atoms with Crippen LogP contribution in [0.4, 0.5) is 5.82 Å². The Balaban J connectivity index is 1.47. The molecule has 0 spiro atoms. The second kappa shape index (κ2) is 6.43. The molecule has 104 valence electrons. The zero-order valence-electron chi connectivity index (χ0n) is 11.4. The van der Waals surface area contributed by atoms with E-state index in [9.17, 15) is 0 Å². The van der Waals surface area contributed by atoms with Crippen molar-refractivity contribution in [2.24, 2.45) is 0 Å². The van der Waals surface area contributed by atoms with E-state index in [1.807, 2.05) is 30.5 Å². The molecule has 0 unspecified atom stereocenters. The van der Waals surface area contributed by atoms with Gasteiger partial charge in [-0.1, -0.05) is 6.07 Å². The Bertz CT molecular complexity index is 508. The number of nitrogens with zero attached hydrogens (tertiary/aromatic N) is 4. The van der Waals surface area contributed by atoms with E-state index in [1.165, 1.54) is 0 Å². The Kier molecular flexibility index (Phi) is 4.18. The van der Waals surface area contributed by atoms with Crippen LogP contribution in [0.2, 0.25) is 0 Å². The fraction of sp³-hybridized carbons (Fsp3) is 0.400. The van der Waals surface area contributed by atoms with Gasteiger partial charge in [-0.05, 0) is 37.1 Å². The van der Waals surface area contributed by atoms with E-state index in [2.05, 4.69) is 31.5 Å². The Morgan fingerprint density at radius 3 is 2.70 bits per heavy atom. The first kappa shape index (κ1) is 13.0. The van der Waals surface area contributed by atoms with Gasteiger partial charge in [0.15, 0.2) is 0 Å². The maximum atomic E-state index is 4.41. The zero-order valence-corrected chi connectivity index (χ0v) is 11.4. The Hall–Kier alpha value is -2.01. The summed E-state index contributed by atoms with van der Waals surface area (Å²) in [7, 11) is 0. The van der Waals surface area contributed by atoms with Crippen LogP contribution in [-0.4, -0.2) is 34.3 Å². The third kappa shape index (κ3) is 3.30. The lowest BCUT2D eigenvalue weighted by Gasteiger charge is -2.33. The van der Waals surface area contributed by atoms with Crippen molar-refractivity contribution in [1.82, 2.24) is 20.5 Å². The zero-order chi connectivity index (χ0) is 13.6. The number of nitrogens with one attached hydrogen (secondary N) is 1. The molecule has 3 rings (SSSR count). The van der Waals surface area contributed by atoms with Crippen molar-refractivity contribution >= 4 is 5.82 Å². The summed E-state index contributed by atoms with van der Waals surface area (Å²) in [6, 6.07) is 10.6. The van der Waals surface area contributed by atoms with Gasteiger partial charge >= 0.3 is 0 Å². The van der Waals surface area contributed by atoms with Crippen LogP contribution >= 0.6 is 0 Å². The lowest BCUT2D eigenvalue weighted by Crippen LogP contribution is -2.42. The summed E-state index contributed by atoms with van der Waals surface area (Å²) >= 11 is 0. The number of aromatic nitrogens is 3. The first-order chi connectivity index (χ1) is 9.92. The van der Waals surface area contributed by atoms with Crippen molar-refractivity contribution in [1.29, 1.82) is 0 Å². The molecule has 5 nitrogen and oxygen atoms in total. The van der Waals surface area contributed by atoms with Crippen molar-refractivity contribution in [3.05, 3.63) is 48.4 Å². The molecular weight excluding hydrogens is 250 g/mol. The number of pyridine rings is 1. The molecule has 0 saturated carbocycles. The molecule has 1 aliphatic heterocycles. The van der Waals surface area contributed by atoms with E-state index in [4.69, 9.17) is 0 Å². The second-order valence-electron chi connectivity index (χ2n) is 5.05. The molecule has 1 fully saturated rings. The highest BCUT2D eigenvalue weighted by Crippen LogP contribution is 2.17. The van der Waals surface area contributed by atoms with E-state index in [1.54, 1.807) is 6.20 Å². The van der Waals surface area contributed by atoms with Gasteiger partial charge in [-0.15, -0.1) is 0 Å². The van der Waals surface area contributed by atoms with Gasteiger partial charge in [-0.25, -0.2) is 4.98 Å². The minimum atomic E-state index is 0.553. The minimum Gasteiger partial charge on any atom is -0.357 e. The van der Waals surface area contributed by atoms with Gasteiger partial charge in [-0.3, -0.25) is 0 Å². The van der Waals surface area contributed by atoms with Crippen molar-refractivity contribution in [3.63, 3.8) is 0 Å². The molecule has 2 aromatic heterocycles. The van der Waals surface area contributed by atoms with Crippen LogP contribution in [0.15, 0.2) is 42.7 Å². The normalized spacial score (nSPS) is 16.3. The second-order valence-corrected chi connectivity index (χ2v) is 5.05. The summed E-state index contributed by atoms with van der Waals surface area (Å²) in [5, 5.41) is 11.5. The number of hydrogen-bond donors (Lipinski definition) is 1. The van der Waals surface area contributed by atoms with Gasteiger partial charge in [-0.2, -0.15) is 10.2 Å². The molecule has 20 heavy (non-hydrogen) atoms. The fourth-order valence-electron chi connectivity index (χ4n) is 2.53. The van der Waals surface area contributed by atoms with Crippen molar-refractivity contribution in [2.45, 2.75) is 25.4 Å². The molecule has 0 bridgehead atoms. The standard InChI is InChI=1S/C15H19N5/c1-2-8-16-15(5-1)20-10-6-13(7-11-20)17-12-14-4-3-9-18-19-14/h1-5,8-9,13,17H,6-7,10-12H2. The van der Waals surface area contributed by atoms with Crippen LogP contribution in [0.25, 0.3) is 0 Å². The van der Waals surface area contributed by atoms with Gasteiger partial charge in [0.2, 0.25) is 0 Å². The summed E-state index contributed by atoms with van der Waals surface area (Å²) in [5.74, 6) is 1.08. The molecule has 0 aliphatic carbocycles. The third-order valence-electron chi connectivity index (χ3n) is 3.67. The molecule has 0 atom stereocenters. The molecule has 1 saturated heterocycles. The van der Waals surface area contributed by atoms with Gasteiger partial charge < -0.3 is 10.2 Å². The van der Waals surface area contributed by atoms with Gasteiger partial charge in [0.25, 0.3) is 0 Å². The number of hydrogen-bond acceptors (Lipinski definition) is 5. The predicted octanol–water partition coefficient (Wildman–Crippen LogP) is 1.63. The van der Waals surface area contributed by atoms with E-state index < -0.39 is 0 Å². The predicted molar refractivity (Wildman–Crippen MR) is 78.3 cm³/mol. The van der Waals surface area contributed by atoms with Crippen LogP contribution < -0.4 is 10.2 Å². The van der Waals surface area contributed by atoms with E-state index >= 15 is 0 Å². The summed E-state index contributed by atoms with van der Waals surface area (Å²) in [4.78, 5) is 6.76. The smallest absolute Gasteiger partial charge is 0.128 e. The summed E-state index contributed by atoms with van der Waals surface area (Å²) < 4.78 is 0. The largest absolute Gasteiger partial charge is 0.357 e. The molecule has 0 radical (unpaired) electrons. The maximum absolute atomic E-state index is 4.41. The maximum Gasteiger partial charge on any atom is 0.128 e. The Labute approximate surface area is 119 Å². The third-order valence-corrected chi connectivity index (χ3v) is 3.67. The van der Waals surface area contributed by atoms with E-state index in [0.717, 1.165) is 44.0 Å². The quantitative estimate of drug-likeness (QED) is 0.914. The summed E-state index contributed by atoms with van der Waals surface area (Å²) in [5.41, 5.74) is 1.000. The topological polar surface area (TPSA) is 53.9 Å². The monoisotopic (exact) mass is 269 g/mol. The van der Waals surface area contributed by atoms with Crippen LogP contribution in [0.3, 0.4) is 0 Å². The molecular formula is C15H19N5. The van der Waals surface area contributed by atoms with Crippen LogP contribution in [-0.2, 0) is 6.54 Å². The summed E-state index contributed by atoms with van der Waals surface area (Å²) in [6.45, 7) is 2.90. The van der Waals surface area contributed by atoms with Crippen LogP contribution in [0, 0.1) is 0 Å². The van der Waals surface area contributed by atoms with Gasteiger partial charge in [0.1, 0.15) is 5.82 Å². The lowest BCUT2D eigenvalue weighted by molar-refractivity contribution is 0.410. The molecule has 1 N–H and O–H groups in total. The highest BCUT2D eigenvalue weighted by atomic mass is 15.2. The first-order valence-corrected chi connectivity index (χ1v) is 7.08. The Morgan fingerprint density at radius 1 is 1.10 bits per heavy atom. The summed E-state index contributed by atoms with van der Waals surface area (Å²) in [6.07, 6.45) is 5.83. The average Bonchev–Trinajstić information content (AvgIpc) is 2.55. The Morgan fingerprint density at radius 2 is 2.00 bits per heavy atom. The van der Waals surface area contributed by atoms with Crippen LogP contribution in [0.5, 0.6) is 0 Å². The van der Waals surface area contributed by atoms with E-state index in [-0.39, 0.29) is 0 Å². The van der Waals surface area contributed by atoms with Crippen molar-refractivity contribution in [2.75, 3.05) is 18.0 Å². The van der Waals surface area contributed by atoms with Crippen LogP contribution in [0.1, 0.15) is 18.5 Å². The molecule has 0 aromatic carbocycles. The average molecular weight is 269 g/mol. The molecule has 3 heterocycles. The molecule has 2 aromatic rings. The number of rotatable bonds is 4. The molecule has 1 aliphatic rings. The molecule has 0 amide bonds.